The molecule has 0 aliphatic heterocycles. The first kappa shape index (κ1) is 15.6. The van der Waals surface area contributed by atoms with Gasteiger partial charge in [-0.3, -0.25) is 0 Å². The van der Waals surface area contributed by atoms with Gasteiger partial charge >= 0.3 is 0 Å². The largest absolute Gasteiger partial charge is 0.356 e. The summed E-state index contributed by atoms with van der Waals surface area (Å²) in [4.78, 5) is 7.24. The van der Waals surface area contributed by atoms with Gasteiger partial charge in [0.25, 0.3) is 0 Å². The molecule has 0 spiro atoms. The van der Waals surface area contributed by atoms with Crippen LogP contribution in [0.5, 0.6) is 0 Å². The summed E-state index contributed by atoms with van der Waals surface area (Å²) in [5.74, 6) is 2.83. The van der Waals surface area contributed by atoms with E-state index in [0.29, 0.717) is 17.8 Å². The van der Waals surface area contributed by atoms with Gasteiger partial charge in [0.1, 0.15) is 5.82 Å². The zero-order valence-corrected chi connectivity index (χ0v) is 14.0. The predicted octanol–water partition coefficient (Wildman–Crippen LogP) is 4.96. The Morgan fingerprint density at radius 1 is 1.30 bits per heavy atom. The molecular formula is C17H27ClN2. The summed E-state index contributed by atoms with van der Waals surface area (Å²) in [5.41, 5.74) is 2.32. The molecule has 1 heterocycles. The van der Waals surface area contributed by atoms with Gasteiger partial charge in [0.2, 0.25) is 0 Å². The molecule has 1 fully saturated rings. The van der Waals surface area contributed by atoms with Gasteiger partial charge in [-0.05, 0) is 42.4 Å². The fourth-order valence-electron chi connectivity index (χ4n) is 3.19. The van der Waals surface area contributed by atoms with E-state index in [1.54, 1.807) is 0 Å². The number of hydrogen-bond acceptors (Lipinski definition) is 2. The maximum atomic E-state index is 6.05. The van der Waals surface area contributed by atoms with Crippen molar-refractivity contribution in [3.63, 3.8) is 0 Å². The molecule has 0 saturated heterocycles. The SMILES string of the molecule is CC(C)c1cc(CCl)cc(N(C)C2CCCCC2C)n1. The van der Waals surface area contributed by atoms with Crippen LogP contribution in [0.15, 0.2) is 12.1 Å². The Kier molecular flexibility index (Phi) is 5.31. The number of rotatable bonds is 4. The predicted molar refractivity (Wildman–Crippen MR) is 87.7 cm³/mol. The molecule has 0 amide bonds. The molecule has 0 radical (unpaired) electrons. The lowest BCUT2D eigenvalue weighted by Gasteiger charge is -2.37. The summed E-state index contributed by atoms with van der Waals surface area (Å²) in [6.07, 6.45) is 5.33. The molecule has 2 atom stereocenters. The first-order valence-corrected chi connectivity index (χ1v) is 8.36. The van der Waals surface area contributed by atoms with Crippen LogP contribution in [0.25, 0.3) is 0 Å². The van der Waals surface area contributed by atoms with E-state index in [1.807, 2.05) is 0 Å². The number of nitrogens with zero attached hydrogens (tertiary/aromatic N) is 2. The summed E-state index contributed by atoms with van der Waals surface area (Å²) < 4.78 is 0. The molecule has 3 heteroatoms. The average Bonchev–Trinajstić information content (AvgIpc) is 2.46. The Morgan fingerprint density at radius 3 is 2.60 bits per heavy atom. The molecule has 2 nitrogen and oxygen atoms in total. The van der Waals surface area contributed by atoms with Crippen LogP contribution in [-0.4, -0.2) is 18.1 Å². The summed E-state index contributed by atoms with van der Waals surface area (Å²) in [5, 5.41) is 0. The lowest BCUT2D eigenvalue weighted by Crippen LogP contribution is -2.39. The van der Waals surface area contributed by atoms with E-state index < -0.39 is 0 Å². The Balaban J connectivity index is 2.28. The number of aromatic nitrogens is 1. The monoisotopic (exact) mass is 294 g/mol. The summed E-state index contributed by atoms with van der Waals surface area (Å²) in [6.45, 7) is 6.75. The zero-order valence-electron chi connectivity index (χ0n) is 13.2. The Labute approximate surface area is 128 Å². The van der Waals surface area contributed by atoms with Crippen LogP contribution in [0, 0.1) is 5.92 Å². The van der Waals surface area contributed by atoms with Crippen molar-refractivity contribution in [2.75, 3.05) is 11.9 Å². The van der Waals surface area contributed by atoms with Crippen LogP contribution in [0.2, 0.25) is 0 Å². The maximum Gasteiger partial charge on any atom is 0.129 e. The second kappa shape index (κ2) is 6.80. The van der Waals surface area contributed by atoms with E-state index in [4.69, 9.17) is 16.6 Å². The van der Waals surface area contributed by atoms with Crippen LogP contribution in [0.4, 0.5) is 5.82 Å². The van der Waals surface area contributed by atoms with Gasteiger partial charge in [0.15, 0.2) is 0 Å². The van der Waals surface area contributed by atoms with Gasteiger partial charge < -0.3 is 4.90 Å². The van der Waals surface area contributed by atoms with E-state index in [2.05, 4.69) is 44.9 Å². The minimum atomic E-state index is 0.439. The lowest BCUT2D eigenvalue weighted by atomic mass is 9.85. The fourth-order valence-corrected chi connectivity index (χ4v) is 3.34. The van der Waals surface area contributed by atoms with E-state index in [-0.39, 0.29) is 0 Å². The second-order valence-electron chi connectivity index (χ2n) is 6.49. The summed E-state index contributed by atoms with van der Waals surface area (Å²) in [6, 6.07) is 4.90. The summed E-state index contributed by atoms with van der Waals surface area (Å²) >= 11 is 6.05. The zero-order chi connectivity index (χ0) is 14.7. The molecular weight excluding hydrogens is 268 g/mol. The minimum Gasteiger partial charge on any atom is -0.356 e. The van der Waals surface area contributed by atoms with Gasteiger partial charge in [-0.2, -0.15) is 0 Å². The van der Waals surface area contributed by atoms with Crippen molar-refractivity contribution in [3.8, 4) is 0 Å². The highest BCUT2D eigenvalue weighted by molar-refractivity contribution is 6.17. The molecule has 1 aromatic heterocycles. The molecule has 20 heavy (non-hydrogen) atoms. The van der Waals surface area contributed by atoms with Crippen molar-refractivity contribution in [1.82, 2.24) is 4.98 Å². The Bertz CT molecular complexity index is 445. The highest BCUT2D eigenvalue weighted by Gasteiger charge is 2.26. The van der Waals surface area contributed by atoms with Gasteiger partial charge in [-0.1, -0.05) is 33.6 Å². The van der Waals surface area contributed by atoms with Crippen molar-refractivity contribution in [2.24, 2.45) is 5.92 Å². The van der Waals surface area contributed by atoms with E-state index in [1.165, 1.54) is 31.2 Å². The van der Waals surface area contributed by atoms with Crippen molar-refractivity contribution < 1.29 is 0 Å². The van der Waals surface area contributed by atoms with Crippen LogP contribution >= 0.6 is 11.6 Å². The van der Waals surface area contributed by atoms with Crippen LogP contribution in [-0.2, 0) is 5.88 Å². The molecule has 1 saturated carbocycles. The second-order valence-corrected chi connectivity index (χ2v) is 6.75. The molecule has 0 N–H and O–H groups in total. The molecule has 2 rings (SSSR count). The van der Waals surface area contributed by atoms with Crippen molar-refractivity contribution in [3.05, 3.63) is 23.4 Å². The molecule has 0 aromatic carbocycles. The minimum absolute atomic E-state index is 0.439. The lowest BCUT2D eigenvalue weighted by molar-refractivity contribution is 0.320. The third kappa shape index (κ3) is 3.46. The van der Waals surface area contributed by atoms with Gasteiger partial charge in [0, 0.05) is 24.7 Å². The molecule has 1 aromatic rings. The smallest absolute Gasteiger partial charge is 0.129 e. The van der Waals surface area contributed by atoms with E-state index in [9.17, 15) is 0 Å². The first-order valence-electron chi connectivity index (χ1n) is 7.82. The topological polar surface area (TPSA) is 16.1 Å². The van der Waals surface area contributed by atoms with Crippen LogP contribution in [0.3, 0.4) is 0 Å². The van der Waals surface area contributed by atoms with Gasteiger partial charge in [-0.15, -0.1) is 11.6 Å². The quantitative estimate of drug-likeness (QED) is 0.730. The fraction of sp³-hybridized carbons (Fsp3) is 0.706. The van der Waals surface area contributed by atoms with Crippen molar-refractivity contribution in [2.45, 2.75) is 64.3 Å². The first-order chi connectivity index (χ1) is 9.52. The Morgan fingerprint density at radius 2 is 2.00 bits per heavy atom. The number of anilines is 1. The highest BCUT2D eigenvalue weighted by atomic mass is 35.5. The van der Waals surface area contributed by atoms with Crippen LogP contribution in [0.1, 0.15) is 63.6 Å². The van der Waals surface area contributed by atoms with Gasteiger partial charge in [0.05, 0.1) is 0 Å². The molecule has 2 unspecified atom stereocenters. The number of hydrogen-bond donors (Lipinski definition) is 0. The van der Waals surface area contributed by atoms with Crippen molar-refractivity contribution in [1.29, 1.82) is 0 Å². The maximum absolute atomic E-state index is 6.05. The number of halogens is 1. The molecule has 1 aliphatic rings. The van der Waals surface area contributed by atoms with E-state index >= 15 is 0 Å². The summed E-state index contributed by atoms with van der Waals surface area (Å²) in [7, 11) is 2.19. The van der Waals surface area contributed by atoms with Crippen molar-refractivity contribution >= 4 is 17.4 Å². The normalized spacial score (nSPS) is 23.1. The third-order valence-corrected chi connectivity index (χ3v) is 4.87. The average molecular weight is 295 g/mol. The standard InChI is InChI=1S/C17H27ClN2/c1-12(2)15-9-14(11-18)10-17(19-15)20(4)16-8-6-5-7-13(16)3/h9-10,12-13,16H,5-8,11H2,1-4H3. The molecule has 1 aliphatic carbocycles. The van der Waals surface area contributed by atoms with Gasteiger partial charge in [-0.25, -0.2) is 4.98 Å². The highest BCUT2D eigenvalue weighted by Crippen LogP contribution is 2.31. The molecule has 0 bridgehead atoms. The van der Waals surface area contributed by atoms with E-state index in [0.717, 1.165) is 17.4 Å². The Hall–Kier alpha value is -0.760. The van der Waals surface area contributed by atoms with Crippen LogP contribution < -0.4 is 4.90 Å². The number of pyridine rings is 1. The third-order valence-electron chi connectivity index (χ3n) is 4.56. The number of alkyl halides is 1. The molecule has 112 valence electrons.